The molecule has 8 nitrogen and oxygen atoms in total. The van der Waals surface area contributed by atoms with Crippen LogP contribution in [0.25, 0.3) is 11.4 Å². The van der Waals surface area contributed by atoms with Crippen molar-refractivity contribution in [2.45, 2.75) is 32.7 Å². The fourth-order valence-corrected chi connectivity index (χ4v) is 3.50. The minimum Gasteiger partial charge on any atom is -0.506 e. The maximum atomic E-state index is 10.4. The van der Waals surface area contributed by atoms with Gasteiger partial charge in [-0.05, 0) is 56.0 Å². The number of aromatic hydroxyl groups is 1. The van der Waals surface area contributed by atoms with Gasteiger partial charge in [-0.15, -0.1) is 10.2 Å². The van der Waals surface area contributed by atoms with E-state index in [0.29, 0.717) is 17.4 Å². The molecule has 1 aliphatic heterocycles. The Hall–Kier alpha value is -3.00. The topological polar surface area (TPSA) is 103 Å². The van der Waals surface area contributed by atoms with Crippen molar-refractivity contribution in [2.24, 2.45) is 0 Å². The third kappa shape index (κ3) is 3.96. The Kier molecular flexibility index (Phi) is 5.21. The third-order valence-corrected chi connectivity index (χ3v) is 5.13. The van der Waals surface area contributed by atoms with Crippen molar-refractivity contribution < 1.29 is 5.11 Å². The number of anilines is 1. The SMILES string of the molecule is Cc1[nH]ncc1CCc1cnc(-c2ccc(N3CCNC(C)C3)nn2)c(O)c1. The number of H-pyrrole nitrogens is 1. The molecule has 8 heteroatoms. The van der Waals surface area contributed by atoms with Crippen LogP contribution >= 0.6 is 0 Å². The Balaban J connectivity index is 1.46. The number of aromatic nitrogens is 5. The molecule has 1 fully saturated rings. The number of hydrogen-bond acceptors (Lipinski definition) is 7. The molecule has 0 spiro atoms. The molecule has 0 radical (unpaired) electrons. The first-order valence-corrected chi connectivity index (χ1v) is 9.59. The van der Waals surface area contributed by atoms with Crippen LogP contribution in [0.15, 0.2) is 30.6 Å². The number of pyridine rings is 1. The molecule has 3 aromatic rings. The van der Waals surface area contributed by atoms with Gasteiger partial charge in [-0.1, -0.05) is 0 Å². The predicted octanol–water partition coefficient (Wildman–Crippen LogP) is 1.86. The van der Waals surface area contributed by atoms with E-state index in [1.807, 2.05) is 25.3 Å². The molecular formula is C20H25N7O. The zero-order chi connectivity index (χ0) is 19.5. The molecule has 3 aromatic heterocycles. The summed E-state index contributed by atoms with van der Waals surface area (Å²) in [5, 5.41) is 29.5. The zero-order valence-corrected chi connectivity index (χ0v) is 16.2. The number of rotatable bonds is 5. The summed E-state index contributed by atoms with van der Waals surface area (Å²) in [6, 6.07) is 5.99. The normalized spacial score (nSPS) is 17.1. The molecule has 146 valence electrons. The molecule has 0 amide bonds. The van der Waals surface area contributed by atoms with Crippen LogP contribution in [0.5, 0.6) is 5.75 Å². The largest absolute Gasteiger partial charge is 0.506 e. The van der Waals surface area contributed by atoms with E-state index >= 15 is 0 Å². The summed E-state index contributed by atoms with van der Waals surface area (Å²) >= 11 is 0. The van der Waals surface area contributed by atoms with Gasteiger partial charge in [0.2, 0.25) is 0 Å². The number of nitrogens with one attached hydrogen (secondary N) is 2. The molecule has 28 heavy (non-hydrogen) atoms. The van der Waals surface area contributed by atoms with Crippen molar-refractivity contribution in [3.05, 3.63) is 47.4 Å². The van der Waals surface area contributed by atoms with Crippen LogP contribution in [0.2, 0.25) is 0 Å². The summed E-state index contributed by atoms with van der Waals surface area (Å²) in [5.41, 5.74) is 4.24. The monoisotopic (exact) mass is 379 g/mol. The van der Waals surface area contributed by atoms with E-state index < -0.39 is 0 Å². The zero-order valence-electron chi connectivity index (χ0n) is 16.2. The van der Waals surface area contributed by atoms with Crippen molar-refractivity contribution in [3.63, 3.8) is 0 Å². The van der Waals surface area contributed by atoms with Crippen LogP contribution in [0.1, 0.15) is 23.7 Å². The van der Waals surface area contributed by atoms with E-state index in [2.05, 4.69) is 42.5 Å². The molecule has 3 N–H and O–H groups in total. The molecule has 1 atom stereocenters. The minimum absolute atomic E-state index is 0.124. The molecule has 1 aliphatic rings. The molecule has 0 bridgehead atoms. The van der Waals surface area contributed by atoms with E-state index in [1.54, 1.807) is 12.3 Å². The lowest BCUT2D eigenvalue weighted by atomic mass is 10.1. The van der Waals surface area contributed by atoms with Gasteiger partial charge in [0, 0.05) is 37.6 Å². The molecule has 0 aromatic carbocycles. The van der Waals surface area contributed by atoms with Crippen molar-refractivity contribution in [1.82, 2.24) is 30.7 Å². The number of nitrogens with zero attached hydrogens (tertiary/aromatic N) is 5. The highest BCUT2D eigenvalue weighted by Crippen LogP contribution is 2.27. The van der Waals surface area contributed by atoms with Crippen LogP contribution in [-0.2, 0) is 12.8 Å². The van der Waals surface area contributed by atoms with Gasteiger partial charge in [0.15, 0.2) is 5.82 Å². The maximum Gasteiger partial charge on any atom is 0.151 e. The van der Waals surface area contributed by atoms with Crippen molar-refractivity contribution in [1.29, 1.82) is 0 Å². The highest BCUT2D eigenvalue weighted by atomic mass is 16.3. The molecule has 1 unspecified atom stereocenters. The second-order valence-electron chi connectivity index (χ2n) is 7.31. The highest BCUT2D eigenvalue weighted by Gasteiger charge is 2.18. The second kappa shape index (κ2) is 7.93. The van der Waals surface area contributed by atoms with Gasteiger partial charge >= 0.3 is 0 Å². The molecule has 0 saturated carbocycles. The summed E-state index contributed by atoms with van der Waals surface area (Å²) in [6.45, 7) is 6.91. The minimum atomic E-state index is 0.124. The van der Waals surface area contributed by atoms with Crippen LogP contribution in [0.4, 0.5) is 5.82 Å². The van der Waals surface area contributed by atoms with Gasteiger partial charge < -0.3 is 15.3 Å². The van der Waals surface area contributed by atoms with Crippen molar-refractivity contribution >= 4 is 5.82 Å². The maximum absolute atomic E-state index is 10.4. The fraction of sp³-hybridized carbons (Fsp3) is 0.400. The number of aryl methyl sites for hydroxylation is 3. The molecule has 0 aliphatic carbocycles. The van der Waals surface area contributed by atoms with Crippen LogP contribution in [0.3, 0.4) is 0 Å². The molecule has 4 rings (SSSR count). The van der Waals surface area contributed by atoms with Gasteiger partial charge in [-0.25, -0.2) is 0 Å². The Morgan fingerprint density at radius 2 is 2.11 bits per heavy atom. The average Bonchev–Trinajstić information content (AvgIpc) is 3.11. The van der Waals surface area contributed by atoms with E-state index in [9.17, 15) is 5.11 Å². The average molecular weight is 379 g/mol. The van der Waals surface area contributed by atoms with Gasteiger partial charge in [-0.3, -0.25) is 10.1 Å². The Morgan fingerprint density at radius 3 is 2.79 bits per heavy atom. The van der Waals surface area contributed by atoms with Crippen molar-refractivity contribution in [3.8, 4) is 17.1 Å². The van der Waals surface area contributed by atoms with Gasteiger partial charge in [0.25, 0.3) is 0 Å². The summed E-state index contributed by atoms with van der Waals surface area (Å²) in [4.78, 5) is 6.64. The predicted molar refractivity (Wildman–Crippen MR) is 107 cm³/mol. The van der Waals surface area contributed by atoms with E-state index in [-0.39, 0.29) is 5.75 Å². The van der Waals surface area contributed by atoms with Crippen LogP contribution < -0.4 is 10.2 Å². The van der Waals surface area contributed by atoms with Gasteiger partial charge in [0.1, 0.15) is 17.1 Å². The smallest absolute Gasteiger partial charge is 0.151 e. The van der Waals surface area contributed by atoms with Crippen molar-refractivity contribution in [2.75, 3.05) is 24.5 Å². The summed E-state index contributed by atoms with van der Waals surface area (Å²) < 4.78 is 0. The Labute approximate surface area is 164 Å². The second-order valence-corrected chi connectivity index (χ2v) is 7.31. The lowest BCUT2D eigenvalue weighted by Crippen LogP contribution is -2.49. The molecule has 1 saturated heterocycles. The van der Waals surface area contributed by atoms with Gasteiger partial charge in [-0.2, -0.15) is 5.10 Å². The highest BCUT2D eigenvalue weighted by molar-refractivity contribution is 5.62. The van der Waals surface area contributed by atoms with E-state index in [4.69, 9.17) is 0 Å². The molecular weight excluding hydrogens is 354 g/mol. The summed E-state index contributed by atoms with van der Waals surface area (Å²) in [6.07, 6.45) is 5.26. The lowest BCUT2D eigenvalue weighted by Gasteiger charge is -2.32. The third-order valence-electron chi connectivity index (χ3n) is 5.13. The first kappa shape index (κ1) is 18.4. The van der Waals surface area contributed by atoms with Crippen LogP contribution in [0, 0.1) is 6.92 Å². The van der Waals surface area contributed by atoms with Crippen LogP contribution in [-0.4, -0.2) is 56.2 Å². The van der Waals surface area contributed by atoms with Gasteiger partial charge in [0.05, 0.1) is 6.20 Å². The molecule has 4 heterocycles. The van der Waals surface area contributed by atoms with E-state index in [1.165, 1.54) is 5.56 Å². The standard InChI is InChI=1S/C20H25N7O/c1-13-12-27(8-7-21-13)19-6-5-17(25-26-19)20-18(28)9-15(10-22-20)3-4-16-11-23-24-14(16)2/h5-6,9-11,13,21,28H,3-4,7-8,12H2,1-2H3,(H,23,24). The Bertz CT molecular complexity index is 938. The number of piperazine rings is 1. The Morgan fingerprint density at radius 1 is 1.21 bits per heavy atom. The van der Waals surface area contributed by atoms with E-state index in [0.717, 1.165) is 49.6 Å². The first-order valence-electron chi connectivity index (χ1n) is 9.59. The number of hydrogen-bond donors (Lipinski definition) is 3. The summed E-state index contributed by atoms with van der Waals surface area (Å²) in [7, 11) is 0. The lowest BCUT2D eigenvalue weighted by molar-refractivity contribution is 0.473. The summed E-state index contributed by atoms with van der Waals surface area (Å²) in [5.74, 6) is 0.975. The first-order chi connectivity index (χ1) is 13.6. The number of aromatic amines is 1. The fourth-order valence-electron chi connectivity index (χ4n) is 3.50. The quantitative estimate of drug-likeness (QED) is 0.622.